The molecule has 3 aliphatic carbocycles. The highest BCUT2D eigenvalue weighted by Crippen LogP contribution is 2.57. The highest BCUT2D eigenvalue weighted by molar-refractivity contribution is 9.10. The van der Waals surface area contributed by atoms with Gasteiger partial charge >= 0.3 is 0 Å². The van der Waals surface area contributed by atoms with Crippen LogP contribution in [0.3, 0.4) is 0 Å². The van der Waals surface area contributed by atoms with Crippen molar-refractivity contribution in [2.24, 2.45) is 17.8 Å². The number of phenolic OH excluding ortho intramolecular Hbond substituents is 1. The molecule has 0 saturated carbocycles. The van der Waals surface area contributed by atoms with Gasteiger partial charge in [-0.3, -0.25) is 19.2 Å². The maximum atomic E-state index is 14.0. The Morgan fingerprint density at radius 2 is 1.80 bits per heavy atom. The molecule has 1 aliphatic heterocycles. The van der Waals surface area contributed by atoms with Crippen molar-refractivity contribution in [2.45, 2.75) is 32.6 Å². The van der Waals surface area contributed by atoms with E-state index in [2.05, 4.69) is 15.9 Å². The molecule has 1 saturated heterocycles. The van der Waals surface area contributed by atoms with Crippen molar-refractivity contribution in [3.63, 3.8) is 0 Å². The van der Waals surface area contributed by atoms with E-state index in [0.717, 1.165) is 11.1 Å². The number of hydrogen-bond donors (Lipinski definition) is 1. The predicted molar refractivity (Wildman–Crippen MR) is 152 cm³/mol. The van der Waals surface area contributed by atoms with Crippen molar-refractivity contribution in [3.05, 3.63) is 85.4 Å². The van der Waals surface area contributed by atoms with Gasteiger partial charge in [0.2, 0.25) is 11.8 Å². The molecule has 7 nitrogen and oxygen atoms in total. The van der Waals surface area contributed by atoms with Crippen LogP contribution in [-0.4, -0.2) is 35.6 Å². The number of rotatable bonds is 3. The number of Topliss-reactive ketones (excluding diaryl/α,β-unsaturated/α-hetero) is 1. The molecular formula is C31H25BrClNO6. The van der Waals surface area contributed by atoms with Crippen molar-refractivity contribution in [1.29, 1.82) is 0 Å². The van der Waals surface area contributed by atoms with Gasteiger partial charge in [0.1, 0.15) is 0 Å². The van der Waals surface area contributed by atoms with Gasteiger partial charge in [0.15, 0.2) is 23.1 Å². The monoisotopic (exact) mass is 621 g/mol. The van der Waals surface area contributed by atoms with Crippen molar-refractivity contribution >= 4 is 56.6 Å². The molecule has 204 valence electrons. The summed E-state index contributed by atoms with van der Waals surface area (Å²) in [6.07, 6.45) is 3.69. The summed E-state index contributed by atoms with van der Waals surface area (Å²) in [6, 6.07) is 8.40. The van der Waals surface area contributed by atoms with Gasteiger partial charge in [-0.05, 0) is 68.5 Å². The van der Waals surface area contributed by atoms with Crippen LogP contribution in [-0.2, 0) is 19.2 Å². The van der Waals surface area contributed by atoms with Gasteiger partial charge in [-0.2, -0.15) is 0 Å². The number of ether oxygens (including phenoxy) is 1. The van der Waals surface area contributed by atoms with Crippen LogP contribution in [0.5, 0.6) is 11.5 Å². The number of hydrogen-bond acceptors (Lipinski definition) is 6. The quantitative estimate of drug-likeness (QED) is 0.266. The van der Waals surface area contributed by atoms with Gasteiger partial charge in [0.25, 0.3) is 0 Å². The molecule has 2 aromatic carbocycles. The second-order valence-electron chi connectivity index (χ2n) is 10.7. The van der Waals surface area contributed by atoms with Crippen molar-refractivity contribution in [2.75, 3.05) is 12.0 Å². The van der Waals surface area contributed by atoms with Crippen LogP contribution < -0.4 is 9.64 Å². The number of anilines is 1. The maximum absolute atomic E-state index is 14.0. The topological polar surface area (TPSA) is 101 Å². The molecule has 1 N–H and O–H groups in total. The Balaban J connectivity index is 1.52. The Morgan fingerprint density at radius 1 is 1.05 bits per heavy atom. The Kier molecular flexibility index (Phi) is 6.39. The van der Waals surface area contributed by atoms with Gasteiger partial charge in [-0.15, -0.1) is 0 Å². The third-order valence-corrected chi connectivity index (χ3v) is 9.44. The van der Waals surface area contributed by atoms with Gasteiger partial charge in [0, 0.05) is 37.7 Å². The van der Waals surface area contributed by atoms with Gasteiger partial charge in [-0.1, -0.05) is 45.2 Å². The molecular weight excluding hydrogens is 598 g/mol. The van der Waals surface area contributed by atoms with Gasteiger partial charge in [0.05, 0.1) is 24.6 Å². The molecule has 40 heavy (non-hydrogen) atoms. The first-order valence-corrected chi connectivity index (χ1v) is 14.1. The number of halogens is 2. The molecule has 2 amide bonds. The largest absolute Gasteiger partial charge is 0.504 e. The van der Waals surface area contributed by atoms with E-state index in [9.17, 15) is 24.3 Å². The lowest BCUT2D eigenvalue weighted by molar-refractivity contribution is -0.123. The molecule has 0 unspecified atom stereocenters. The van der Waals surface area contributed by atoms with Crippen molar-refractivity contribution in [1.82, 2.24) is 0 Å². The third-order valence-electron chi connectivity index (χ3n) is 8.58. The number of aromatic hydroxyl groups is 1. The van der Waals surface area contributed by atoms with Crippen LogP contribution in [0.15, 0.2) is 69.2 Å². The highest BCUT2D eigenvalue weighted by atomic mass is 79.9. The molecule has 9 heteroatoms. The number of phenols is 1. The summed E-state index contributed by atoms with van der Waals surface area (Å²) >= 11 is 9.80. The summed E-state index contributed by atoms with van der Waals surface area (Å²) in [5.41, 5.74) is 3.32. The minimum Gasteiger partial charge on any atom is -0.504 e. The summed E-state index contributed by atoms with van der Waals surface area (Å²) < 4.78 is 6.00. The van der Waals surface area contributed by atoms with Crippen LogP contribution >= 0.6 is 27.5 Å². The first kappa shape index (κ1) is 26.7. The number of carbonyl (C=O) groups is 4. The molecule has 1 heterocycles. The maximum Gasteiger partial charge on any atom is 0.238 e. The number of carbonyl (C=O) groups excluding carboxylic acids is 4. The van der Waals surface area contributed by atoms with E-state index in [1.165, 1.54) is 18.1 Å². The second kappa shape index (κ2) is 9.56. The summed E-state index contributed by atoms with van der Waals surface area (Å²) in [7, 11) is 1.43. The van der Waals surface area contributed by atoms with Gasteiger partial charge < -0.3 is 9.84 Å². The number of methoxy groups -OCH3 is 1. The number of amides is 2. The Labute approximate surface area is 244 Å². The average molecular weight is 623 g/mol. The van der Waals surface area contributed by atoms with Crippen molar-refractivity contribution in [3.8, 4) is 11.5 Å². The fourth-order valence-corrected chi connectivity index (χ4v) is 7.31. The summed E-state index contributed by atoms with van der Waals surface area (Å²) in [4.78, 5) is 55.8. The van der Waals surface area contributed by atoms with E-state index < -0.39 is 23.7 Å². The summed E-state index contributed by atoms with van der Waals surface area (Å²) in [5, 5.41) is 11.7. The first-order chi connectivity index (χ1) is 19.0. The molecule has 0 radical (unpaired) electrons. The lowest BCUT2D eigenvalue weighted by Gasteiger charge is -2.42. The molecule has 6 rings (SSSR count). The summed E-state index contributed by atoms with van der Waals surface area (Å²) in [6.45, 7) is 3.44. The average Bonchev–Trinajstić information content (AvgIpc) is 3.18. The summed E-state index contributed by atoms with van der Waals surface area (Å²) in [5.74, 6) is -3.81. The number of aryl methyl sites for hydroxylation is 1. The SMILES string of the molecule is COc1cc(Br)cc([C@H]2C3=CC[C@@H]4C(=O)N(c5ccc(C)c(Cl)c5)C(=O)[C@@H]4[C@@H]3CC3=C2C(=O)C=C(C)C3=O)c1O. The standard InChI is InChI=1S/C31H25BrClNO6/c1-13-4-5-16(11-22(13)33)34-30(38)18-7-6-17-19(26(18)31(34)39)12-21-27(23(35)8-14(2)28(21)36)25(17)20-9-15(32)10-24(40-3)29(20)37/h4-6,8-11,18-19,25-26,37H,7,12H2,1-3H3/t18-,19+,25+,26-/m0/s1. The normalized spacial score (nSPS) is 25.9. The number of benzene rings is 2. The lowest BCUT2D eigenvalue weighted by Crippen LogP contribution is -2.39. The van der Waals surface area contributed by atoms with Crippen LogP contribution in [0.4, 0.5) is 5.69 Å². The van der Waals surface area contributed by atoms with E-state index >= 15 is 0 Å². The molecule has 0 aromatic heterocycles. The van der Waals surface area contributed by atoms with Crippen LogP contribution in [0.25, 0.3) is 0 Å². The zero-order valence-electron chi connectivity index (χ0n) is 22.0. The zero-order chi connectivity index (χ0) is 28.6. The Morgan fingerprint density at radius 3 is 2.50 bits per heavy atom. The second-order valence-corrected chi connectivity index (χ2v) is 12.0. The van der Waals surface area contributed by atoms with Crippen molar-refractivity contribution < 1.29 is 29.0 Å². The van der Waals surface area contributed by atoms with E-state index in [-0.39, 0.29) is 41.3 Å². The fraction of sp³-hybridized carbons (Fsp3) is 0.290. The minimum atomic E-state index is -0.785. The number of imide groups is 1. The fourth-order valence-electron chi connectivity index (χ4n) is 6.68. The number of allylic oxidation sites excluding steroid dienone is 6. The predicted octanol–water partition coefficient (Wildman–Crippen LogP) is 5.76. The van der Waals surface area contributed by atoms with Crippen LogP contribution in [0.1, 0.15) is 36.8 Å². The van der Waals surface area contributed by atoms with E-state index in [4.69, 9.17) is 16.3 Å². The van der Waals surface area contributed by atoms with E-state index in [0.29, 0.717) is 43.9 Å². The smallest absolute Gasteiger partial charge is 0.238 e. The number of fused-ring (bicyclic) bond motifs is 3. The first-order valence-electron chi connectivity index (χ1n) is 12.9. The Bertz CT molecular complexity index is 1650. The third kappa shape index (κ3) is 3.84. The molecule has 0 bridgehead atoms. The Hall–Kier alpha value is -3.49. The number of nitrogens with zero attached hydrogens (tertiary/aromatic N) is 1. The van der Waals surface area contributed by atoms with E-state index in [1.807, 2.05) is 13.0 Å². The highest BCUT2D eigenvalue weighted by Gasteiger charge is 2.57. The van der Waals surface area contributed by atoms with E-state index in [1.54, 1.807) is 37.3 Å². The molecule has 2 aromatic rings. The molecule has 1 fully saturated rings. The molecule has 4 atom stereocenters. The molecule has 4 aliphatic rings. The zero-order valence-corrected chi connectivity index (χ0v) is 24.3. The minimum absolute atomic E-state index is 0.150. The van der Waals surface area contributed by atoms with Gasteiger partial charge in [-0.25, -0.2) is 4.90 Å². The van der Waals surface area contributed by atoms with Crippen LogP contribution in [0, 0.1) is 24.7 Å². The molecule has 0 spiro atoms. The van der Waals surface area contributed by atoms with Crippen LogP contribution in [0.2, 0.25) is 5.02 Å². The lowest BCUT2D eigenvalue weighted by atomic mass is 9.59. The number of ketones is 2.